The van der Waals surface area contributed by atoms with Gasteiger partial charge in [-0.15, -0.1) is 0 Å². The lowest BCUT2D eigenvalue weighted by Crippen LogP contribution is -2.48. The molecule has 1 atom stereocenters. The van der Waals surface area contributed by atoms with Crippen LogP contribution < -0.4 is 10.1 Å². The lowest BCUT2D eigenvalue weighted by molar-refractivity contribution is 0.105. The van der Waals surface area contributed by atoms with Gasteiger partial charge in [-0.05, 0) is 24.6 Å². The van der Waals surface area contributed by atoms with E-state index in [1.807, 2.05) is 42.7 Å². The Kier molecular flexibility index (Phi) is 3.75. The second kappa shape index (κ2) is 5.92. The highest BCUT2D eigenvalue weighted by molar-refractivity contribution is 5.48. The first-order valence-corrected chi connectivity index (χ1v) is 8.23. The highest BCUT2D eigenvalue weighted by Gasteiger charge is 2.36. The predicted molar refractivity (Wildman–Crippen MR) is 92.1 cm³/mol. The number of aryl methyl sites for hydroxylation is 1. The van der Waals surface area contributed by atoms with Crippen LogP contribution in [0.15, 0.2) is 48.8 Å². The number of para-hydroxylation sites is 1. The molecule has 0 saturated heterocycles. The fourth-order valence-electron chi connectivity index (χ4n) is 3.45. The normalized spacial score (nSPS) is 19.9. The Hall–Kier alpha value is -2.37. The van der Waals surface area contributed by atoms with Crippen molar-refractivity contribution in [2.24, 2.45) is 0 Å². The van der Waals surface area contributed by atoms with Gasteiger partial charge >= 0.3 is 0 Å². The fourth-order valence-corrected chi connectivity index (χ4v) is 3.45. The van der Waals surface area contributed by atoms with Gasteiger partial charge in [-0.25, -0.2) is 4.98 Å². The molecule has 0 radical (unpaired) electrons. The number of benzene rings is 1. The van der Waals surface area contributed by atoms with Gasteiger partial charge in [-0.1, -0.05) is 24.3 Å². The molecule has 24 heavy (non-hydrogen) atoms. The first-order chi connectivity index (χ1) is 11.7. The summed E-state index contributed by atoms with van der Waals surface area (Å²) >= 11 is 0. The Labute approximate surface area is 140 Å². The smallest absolute Gasteiger partial charge is 0.139 e. The number of aromatic nitrogens is 2. The monoisotopic (exact) mass is 323 g/mol. The lowest BCUT2D eigenvalue weighted by atomic mass is 9.85. The van der Waals surface area contributed by atoms with Gasteiger partial charge in [-0.3, -0.25) is 5.32 Å². The minimum atomic E-state index is -0.483. The third-order valence-corrected chi connectivity index (χ3v) is 4.87. The van der Waals surface area contributed by atoms with Gasteiger partial charge in [0.2, 0.25) is 0 Å². The van der Waals surface area contributed by atoms with E-state index < -0.39 is 5.54 Å². The van der Waals surface area contributed by atoms with Crippen LogP contribution in [0.2, 0.25) is 0 Å². The van der Waals surface area contributed by atoms with Crippen LogP contribution in [-0.2, 0) is 12.1 Å². The van der Waals surface area contributed by atoms with E-state index >= 15 is 0 Å². The van der Waals surface area contributed by atoms with Crippen molar-refractivity contribution < 1.29 is 9.84 Å². The van der Waals surface area contributed by atoms with Gasteiger partial charge in [-0.2, -0.15) is 0 Å². The molecule has 0 aliphatic carbocycles. The molecule has 4 rings (SSSR count). The molecular formula is C19H21N3O2. The number of hydrogen-bond acceptors (Lipinski definition) is 4. The van der Waals surface area contributed by atoms with Crippen molar-refractivity contribution in [2.75, 3.05) is 13.2 Å². The number of aliphatic hydroxyl groups excluding tert-OH is 1. The van der Waals surface area contributed by atoms with Crippen LogP contribution in [0.4, 0.5) is 0 Å². The Bertz CT molecular complexity index is 874. The second-order valence-electron chi connectivity index (χ2n) is 6.32. The molecule has 5 heteroatoms. The number of imidazole rings is 1. The standard InChI is InChI=1S/C19H21N3O2/c1-14-5-4-9-22-15(11-20-18(14)22)12-21-19(13-23)8-10-24-17-7-3-2-6-16(17)19/h2-7,9,11,21,23H,8,10,12-13H2,1H3/t19-/m0/s1. The van der Waals surface area contributed by atoms with Crippen molar-refractivity contribution in [3.05, 3.63) is 65.6 Å². The number of hydrogen-bond donors (Lipinski definition) is 2. The predicted octanol–water partition coefficient (Wildman–Crippen LogP) is 2.40. The van der Waals surface area contributed by atoms with Crippen molar-refractivity contribution in [3.63, 3.8) is 0 Å². The van der Waals surface area contributed by atoms with E-state index in [9.17, 15) is 5.11 Å². The summed E-state index contributed by atoms with van der Waals surface area (Å²) in [6.45, 7) is 3.31. The van der Waals surface area contributed by atoms with Crippen molar-refractivity contribution in [1.82, 2.24) is 14.7 Å². The molecule has 0 saturated carbocycles. The van der Waals surface area contributed by atoms with E-state index in [1.54, 1.807) is 0 Å². The van der Waals surface area contributed by atoms with Crippen LogP contribution in [0.5, 0.6) is 5.75 Å². The van der Waals surface area contributed by atoms with Gasteiger partial charge < -0.3 is 14.2 Å². The molecule has 1 aliphatic rings. The van der Waals surface area contributed by atoms with Gasteiger partial charge in [0.05, 0.1) is 30.6 Å². The maximum atomic E-state index is 10.1. The molecule has 0 bridgehead atoms. The molecule has 124 valence electrons. The summed E-state index contributed by atoms with van der Waals surface area (Å²) in [5, 5.41) is 13.7. The van der Waals surface area contributed by atoms with Crippen LogP contribution in [0, 0.1) is 6.92 Å². The number of fused-ring (bicyclic) bond motifs is 2. The summed E-state index contributed by atoms with van der Waals surface area (Å²) in [5.74, 6) is 0.847. The highest BCUT2D eigenvalue weighted by atomic mass is 16.5. The van der Waals surface area contributed by atoms with E-state index in [0.717, 1.165) is 34.6 Å². The molecule has 3 heterocycles. The molecule has 3 aromatic rings. The molecule has 0 spiro atoms. The third kappa shape index (κ3) is 2.37. The number of nitrogens with one attached hydrogen (secondary N) is 1. The summed E-state index contributed by atoms with van der Waals surface area (Å²) in [5.41, 5.74) is 3.73. The van der Waals surface area contributed by atoms with E-state index in [1.165, 1.54) is 0 Å². The molecule has 0 amide bonds. The van der Waals surface area contributed by atoms with Crippen molar-refractivity contribution in [1.29, 1.82) is 0 Å². The zero-order valence-electron chi connectivity index (χ0n) is 13.7. The van der Waals surface area contributed by atoms with E-state index in [2.05, 4.69) is 27.7 Å². The SMILES string of the molecule is Cc1cccn2c(CN[C@]3(CO)CCOc4ccccc43)cnc12. The Balaban J connectivity index is 1.65. The van der Waals surface area contributed by atoms with Gasteiger partial charge in [0.15, 0.2) is 0 Å². The summed E-state index contributed by atoms with van der Waals surface area (Å²) < 4.78 is 7.83. The van der Waals surface area contributed by atoms with Gasteiger partial charge in [0, 0.05) is 24.7 Å². The molecule has 2 N–H and O–H groups in total. The highest BCUT2D eigenvalue weighted by Crippen LogP contribution is 2.36. The van der Waals surface area contributed by atoms with Crippen LogP contribution in [0.1, 0.15) is 23.2 Å². The van der Waals surface area contributed by atoms with Crippen LogP contribution in [0.25, 0.3) is 5.65 Å². The minimum absolute atomic E-state index is 0.0309. The minimum Gasteiger partial charge on any atom is -0.493 e. The molecule has 0 fully saturated rings. The number of ether oxygens (including phenoxy) is 1. The van der Waals surface area contributed by atoms with Crippen molar-refractivity contribution in [2.45, 2.75) is 25.4 Å². The van der Waals surface area contributed by atoms with Crippen molar-refractivity contribution >= 4 is 5.65 Å². The van der Waals surface area contributed by atoms with Crippen LogP contribution >= 0.6 is 0 Å². The van der Waals surface area contributed by atoms with Crippen LogP contribution in [-0.4, -0.2) is 27.7 Å². The molecule has 5 nitrogen and oxygen atoms in total. The third-order valence-electron chi connectivity index (χ3n) is 4.87. The van der Waals surface area contributed by atoms with Crippen LogP contribution in [0.3, 0.4) is 0 Å². The van der Waals surface area contributed by atoms with E-state index in [-0.39, 0.29) is 6.61 Å². The Morgan fingerprint density at radius 1 is 1.29 bits per heavy atom. The molecule has 1 aromatic carbocycles. The summed E-state index contributed by atoms with van der Waals surface area (Å²) in [6, 6.07) is 12.0. The number of nitrogens with zero attached hydrogens (tertiary/aromatic N) is 2. The topological polar surface area (TPSA) is 58.8 Å². The van der Waals surface area contributed by atoms with Crippen molar-refractivity contribution in [3.8, 4) is 5.75 Å². The Morgan fingerprint density at radius 3 is 3.04 bits per heavy atom. The average molecular weight is 323 g/mol. The zero-order valence-corrected chi connectivity index (χ0v) is 13.7. The number of aliphatic hydroxyl groups is 1. The lowest BCUT2D eigenvalue weighted by Gasteiger charge is -2.38. The average Bonchev–Trinajstić information content (AvgIpc) is 3.04. The number of pyridine rings is 1. The molecule has 2 aromatic heterocycles. The van der Waals surface area contributed by atoms with E-state index in [0.29, 0.717) is 13.2 Å². The zero-order chi connectivity index (χ0) is 16.6. The first-order valence-electron chi connectivity index (χ1n) is 8.23. The summed E-state index contributed by atoms with van der Waals surface area (Å²) in [4.78, 5) is 4.51. The molecular weight excluding hydrogens is 302 g/mol. The maximum Gasteiger partial charge on any atom is 0.139 e. The first kappa shape index (κ1) is 15.2. The largest absolute Gasteiger partial charge is 0.493 e. The Morgan fingerprint density at radius 2 is 2.17 bits per heavy atom. The molecule has 1 aliphatic heterocycles. The second-order valence-corrected chi connectivity index (χ2v) is 6.32. The van der Waals surface area contributed by atoms with Gasteiger partial charge in [0.25, 0.3) is 0 Å². The quantitative estimate of drug-likeness (QED) is 0.774. The number of rotatable bonds is 4. The van der Waals surface area contributed by atoms with Gasteiger partial charge in [0.1, 0.15) is 11.4 Å². The molecule has 0 unspecified atom stereocenters. The van der Waals surface area contributed by atoms with E-state index in [4.69, 9.17) is 4.74 Å². The maximum absolute atomic E-state index is 10.1. The fraction of sp³-hybridized carbons (Fsp3) is 0.316. The summed E-state index contributed by atoms with van der Waals surface area (Å²) in [7, 11) is 0. The summed E-state index contributed by atoms with van der Waals surface area (Å²) in [6.07, 6.45) is 4.65.